The molecule has 2 heteroatoms. The van der Waals surface area contributed by atoms with Crippen LogP contribution in [0.5, 0.6) is 0 Å². The minimum Gasteiger partial charge on any atom is -0.387 e. The van der Waals surface area contributed by atoms with Gasteiger partial charge >= 0.3 is 0 Å². The summed E-state index contributed by atoms with van der Waals surface area (Å²) in [5.41, 5.74) is 1.37. The van der Waals surface area contributed by atoms with E-state index in [0.29, 0.717) is 12.1 Å². The van der Waals surface area contributed by atoms with Crippen LogP contribution < -0.4 is 5.32 Å². The van der Waals surface area contributed by atoms with Crippen molar-refractivity contribution in [1.29, 1.82) is 5.26 Å². The second-order valence-corrected chi connectivity index (χ2v) is 2.83. The van der Waals surface area contributed by atoms with Crippen molar-refractivity contribution in [3.63, 3.8) is 0 Å². The second kappa shape index (κ2) is 8.58. The van der Waals surface area contributed by atoms with Gasteiger partial charge in [0.2, 0.25) is 0 Å². The Hall–Kier alpha value is -2.01. The van der Waals surface area contributed by atoms with E-state index in [1.807, 2.05) is 37.4 Å². The SMILES string of the molecule is C=C/C(=C\C(=C)C#N)CN/C=C\C=C/C. The van der Waals surface area contributed by atoms with Crippen molar-refractivity contribution in [3.8, 4) is 6.07 Å². The van der Waals surface area contributed by atoms with Crippen LogP contribution in [-0.4, -0.2) is 6.54 Å². The minimum absolute atomic E-state index is 0.434. The first-order chi connectivity index (χ1) is 7.24. The Morgan fingerprint density at radius 2 is 2.20 bits per heavy atom. The Balaban J connectivity index is 4.13. The monoisotopic (exact) mass is 200 g/mol. The molecule has 0 spiro atoms. The molecule has 0 saturated carbocycles. The molecule has 0 rings (SSSR count). The van der Waals surface area contributed by atoms with Crippen molar-refractivity contribution in [1.82, 2.24) is 5.32 Å². The Kier molecular flexibility index (Phi) is 7.43. The summed E-state index contributed by atoms with van der Waals surface area (Å²) in [6, 6.07) is 1.96. The molecule has 1 N–H and O–H groups in total. The van der Waals surface area contributed by atoms with Gasteiger partial charge in [0, 0.05) is 12.1 Å². The van der Waals surface area contributed by atoms with E-state index in [4.69, 9.17) is 5.26 Å². The van der Waals surface area contributed by atoms with Gasteiger partial charge in [0.05, 0.1) is 6.07 Å². The summed E-state index contributed by atoms with van der Waals surface area (Å²) < 4.78 is 0. The lowest BCUT2D eigenvalue weighted by Gasteiger charge is -2.00. The number of hydrogen-bond donors (Lipinski definition) is 1. The predicted octanol–water partition coefficient (Wildman–Crippen LogP) is 2.86. The van der Waals surface area contributed by atoms with Crippen molar-refractivity contribution in [2.75, 3.05) is 6.54 Å². The molecule has 78 valence electrons. The predicted molar refractivity (Wildman–Crippen MR) is 65.0 cm³/mol. The first-order valence-electron chi connectivity index (χ1n) is 4.67. The van der Waals surface area contributed by atoms with Crippen molar-refractivity contribution in [2.45, 2.75) is 6.92 Å². The number of hydrogen-bond acceptors (Lipinski definition) is 2. The highest BCUT2D eigenvalue weighted by Crippen LogP contribution is 1.99. The topological polar surface area (TPSA) is 35.8 Å². The lowest BCUT2D eigenvalue weighted by molar-refractivity contribution is 0.955. The number of allylic oxidation sites excluding steroid dienone is 5. The number of rotatable bonds is 6. The average Bonchev–Trinajstić information content (AvgIpc) is 2.26. The normalized spacial score (nSPS) is 11.6. The van der Waals surface area contributed by atoms with Gasteiger partial charge in [-0.15, -0.1) is 0 Å². The van der Waals surface area contributed by atoms with Crippen molar-refractivity contribution < 1.29 is 0 Å². The third kappa shape index (κ3) is 7.09. The molecule has 0 aromatic rings. The van der Waals surface area contributed by atoms with E-state index in [1.54, 1.807) is 12.2 Å². The van der Waals surface area contributed by atoms with Crippen LogP contribution in [-0.2, 0) is 0 Å². The standard InChI is InChI=1S/C13H16N2/c1-4-6-7-8-15-11-13(5-2)9-12(3)10-14/h4-9,15H,2-3,11H2,1H3/b6-4-,8-7-,13-9+. The maximum absolute atomic E-state index is 8.55. The van der Waals surface area contributed by atoms with Gasteiger partial charge in [0.15, 0.2) is 0 Å². The summed E-state index contributed by atoms with van der Waals surface area (Å²) >= 11 is 0. The maximum Gasteiger partial charge on any atom is 0.0985 e. The van der Waals surface area contributed by atoms with Crippen LogP contribution in [0.1, 0.15) is 6.92 Å². The van der Waals surface area contributed by atoms with Crippen LogP contribution in [0.4, 0.5) is 0 Å². The second-order valence-electron chi connectivity index (χ2n) is 2.83. The Labute approximate surface area is 91.6 Å². The van der Waals surface area contributed by atoms with E-state index < -0.39 is 0 Å². The van der Waals surface area contributed by atoms with Crippen LogP contribution >= 0.6 is 0 Å². The van der Waals surface area contributed by atoms with Gasteiger partial charge in [-0.2, -0.15) is 5.26 Å². The first-order valence-corrected chi connectivity index (χ1v) is 4.67. The largest absolute Gasteiger partial charge is 0.387 e. The van der Waals surface area contributed by atoms with Crippen LogP contribution in [0.3, 0.4) is 0 Å². The van der Waals surface area contributed by atoms with E-state index in [-0.39, 0.29) is 0 Å². The molecular formula is C13H16N2. The van der Waals surface area contributed by atoms with Gasteiger partial charge in [0.1, 0.15) is 0 Å². The van der Waals surface area contributed by atoms with E-state index in [0.717, 1.165) is 5.57 Å². The van der Waals surface area contributed by atoms with Gasteiger partial charge in [-0.3, -0.25) is 0 Å². The Bertz CT molecular complexity index is 338. The van der Waals surface area contributed by atoms with E-state index in [9.17, 15) is 0 Å². The number of nitrogens with zero attached hydrogens (tertiary/aromatic N) is 1. The highest BCUT2D eigenvalue weighted by Gasteiger charge is 1.90. The maximum atomic E-state index is 8.55. The average molecular weight is 200 g/mol. The van der Waals surface area contributed by atoms with Crippen LogP contribution in [0.15, 0.2) is 60.9 Å². The summed E-state index contributed by atoms with van der Waals surface area (Å²) in [5.74, 6) is 0. The van der Waals surface area contributed by atoms with E-state index in [1.165, 1.54) is 0 Å². The van der Waals surface area contributed by atoms with Crippen molar-refractivity contribution in [2.24, 2.45) is 0 Å². The van der Waals surface area contributed by atoms with Gasteiger partial charge in [0.25, 0.3) is 0 Å². The molecule has 2 nitrogen and oxygen atoms in total. The summed E-state index contributed by atoms with van der Waals surface area (Å²) in [4.78, 5) is 0. The zero-order valence-electron chi connectivity index (χ0n) is 9.03. The van der Waals surface area contributed by atoms with E-state index >= 15 is 0 Å². The van der Waals surface area contributed by atoms with Crippen LogP contribution in [0, 0.1) is 11.3 Å². The molecule has 0 amide bonds. The molecule has 15 heavy (non-hydrogen) atoms. The van der Waals surface area contributed by atoms with Crippen LogP contribution in [0.2, 0.25) is 0 Å². The zero-order valence-corrected chi connectivity index (χ0v) is 9.03. The summed E-state index contributed by atoms with van der Waals surface area (Å²) in [6.07, 6.45) is 11.0. The quantitative estimate of drug-likeness (QED) is 0.528. The van der Waals surface area contributed by atoms with E-state index in [2.05, 4.69) is 18.5 Å². The fraction of sp³-hybridized carbons (Fsp3) is 0.154. The first kappa shape index (κ1) is 13.0. The molecule has 0 aliphatic heterocycles. The Morgan fingerprint density at radius 1 is 1.47 bits per heavy atom. The molecular weight excluding hydrogens is 184 g/mol. The third-order valence-corrected chi connectivity index (χ3v) is 1.59. The van der Waals surface area contributed by atoms with Crippen molar-refractivity contribution >= 4 is 0 Å². The van der Waals surface area contributed by atoms with Gasteiger partial charge in [-0.25, -0.2) is 0 Å². The molecule has 0 bridgehead atoms. The fourth-order valence-corrected chi connectivity index (χ4v) is 0.850. The summed E-state index contributed by atoms with van der Waals surface area (Å²) in [6.45, 7) is 9.83. The smallest absolute Gasteiger partial charge is 0.0985 e. The molecule has 0 unspecified atom stereocenters. The fourth-order valence-electron chi connectivity index (χ4n) is 0.850. The molecule has 0 heterocycles. The molecule has 0 saturated heterocycles. The lowest BCUT2D eigenvalue weighted by Crippen LogP contribution is -2.08. The molecule has 0 radical (unpaired) electrons. The molecule has 0 aromatic heterocycles. The highest BCUT2D eigenvalue weighted by atomic mass is 14.8. The Morgan fingerprint density at radius 3 is 2.73 bits per heavy atom. The summed E-state index contributed by atoms with van der Waals surface area (Å²) in [5, 5.41) is 11.6. The van der Waals surface area contributed by atoms with Crippen molar-refractivity contribution in [3.05, 3.63) is 60.9 Å². The molecule has 0 atom stereocenters. The lowest BCUT2D eigenvalue weighted by atomic mass is 10.2. The molecule has 0 aliphatic rings. The van der Waals surface area contributed by atoms with Crippen LogP contribution in [0.25, 0.3) is 0 Å². The number of nitriles is 1. The minimum atomic E-state index is 0.434. The van der Waals surface area contributed by atoms with Gasteiger partial charge in [-0.05, 0) is 30.8 Å². The van der Waals surface area contributed by atoms with Gasteiger partial charge < -0.3 is 5.32 Å². The zero-order chi connectivity index (χ0) is 11.5. The summed E-state index contributed by atoms with van der Waals surface area (Å²) in [7, 11) is 0. The molecule has 0 aromatic carbocycles. The number of nitrogens with one attached hydrogen (secondary N) is 1. The van der Waals surface area contributed by atoms with Gasteiger partial charge in [-0.1, -0.05) is 31.4 Å². The molecule has 0 aliphatic carbocycles. The third-order valence-electron chi connectivity index (χ3n) is 1.59. The highest BCUT2D eigenvalue weighted by molar-refractivity contribution is 5.36. The molecule has 0 fully saturated rings.